The van der Waals surface area contributed by atoms with E-state index in [1.807, 2.05) is 18.2 Å². The predicted molar refractivity (Wildman–Crippen MR) is 54.3 cm³/mol. The van der Waals surface area contributed by atoms with Gasteiger partial charge >= 0.3 is 0 Å². The third-order valence-electron chi connectivity index (χ3n) is 1.98. The number of hydrogen-bond acceptors (Lipinski definition) is 3. The highest BCUT2D eigenvalue weighted by atomic mass is 16.6. The summed E-state index contributed by atoms with van der Waals surface area (Å²) in [6.07, 6.45) is 3.50. The fourth-order valence-electron chi connectivity index (χ4n) is 1.04. The van der Waals surface area contributed by atoms with Gasteiger partial charge in [-0.25, -0.2) is 0 Å². The van der Waals surface area contributed by atoms with Crippen LogP contribution in [0.2, 0.25) is 0 Å². The molecule has 1 fully saturated rings. The summed E-state index contributed by atoms with van der Waals surface area (Å²) < 4.78 is 4.86. The molecule has 0 aliphatic carbocycles. The van der Waals surface area contributed by atoms with Crippen LogP contribution in [0.1, 0.15) is 0 Å². The van der Waals surface area contributed by atoms with Crippen LogP contribution in [0.4, 0.5) is 0 Å². The predicted octanol–water partition coefficient (Wildman–Crippen LogP) is 1.04. The third-order valence-corrected chi connectivity index (χ3v) is 1.98. The summed E-state index contributed by atoms with van der Waals surface area (Å²) in [5.74, 6) is 0. The molecule has 1 aliphatic heterocycles. The Bertz CT molecular complexity index is 204. The average molecular weight is 196 g/mol. The Balaban J connectivity index is 0.000000146. The zero-order valence-electron chi connectivity index (χ0n) is 8.43. The van der Waals surface area contributed by atoms with Crippen LogP contribution in [0.3, 0.4) is 0 Å². The largest absolute Gasteiger partial charge is 0.633 e. The first-order valence-electron chi connectivity index (χ1n) is 4.69. The van der Waals surface area contributed by atoms with Crippen LogP contribution in [0.25, 0.3) is 0 Å². The average Bonchev–Trinajstić information content (AvgIpc) is 2.21. The van der Waals surface area contributed by atoms with E-state index < -0.39 is 0 Å². The zero-order valence-corrected chi connectivity index (χ0v) is 8.43. The number of nitrogens with zero attached hydrogens (tertiary/aromatic N) is 2. The molecular formula is C10H16N2O2. The molecule has 1 aliphatic rings. The van der Waals surface area contributed by atoms with Crippen LogP contribution in [0.5, 0.6) is 0 Å². The Morgan fingerprint density at radius 2 is 1.71 bits per heavy atom. The molecule has 14 heavy (non-hydrogen) atoms. The fourth-order valence-corrected chi connectivity index (χ4v) is 1.04. The minimum absolute atomic E-state index is 0.125. The molecule has 78 valence electrons. The lowest BCUT2D eigenvalue weighted by Gasteiger charge is -2.41. The molecule has 0 radical (unpaired) electrons. The Morgan fingerprint density at radius 3 is 1.93 bits per heavy atom. The maximum atomic E-state index is 11.0. The molecule has 0 atom stereocenters. The number of pyridine rings is 1. The highest BCUT2D eigenvalue weighted by molar-refractivity contribution is 4.88. The summed E-state index contributed by atoms with van der Waals surface area (Å²) in [6, 6.07) is 5.72. The first-order valence-corrected chi connectivity index (χ1v) is 4.69. The van der Waals surface area contributed by atoms with Crippen LogP contribution in [0, 0.1) is 5.21 Å². The second-order valence-corrected chi connectivity index (χ2v) is 3.38. The zero-order chi connectivity index (χ0) is 10.3. The standard InChI is InChI=1S/C5H11NO2.C5H5N/c1-6(7)2-4-8-5-3-6;1-2-4-6-5-3-1/h2-5H2,1H3;1-5H. The lowest BCUT2D eigenvalue weighted by molar-refractivity contribution is -0.869. The van der Waals surface area contributed by atoms with Crippen LogP contribution in [0.15, 0.2) is 30.6 Å². The number of rotatable bonds is 0. The first kappa shape index (κ1) is 11.1. The van der Waals surface area contributed by atoms with Gasteiger partial charge in [0.2, 0.25) is 0 Å². The summed E-state index contributed by atoms with van der Waals surface area (Å²) in [4.78, 5) is 3.78. The Hall–Kier alpha value is -0.970. The number of ether oxygens (including phenoxy) is 1. The molecule has 2 heterocycles. The number of likely N-dealkylation sites (N-methyl/N-ethyl adjacent to an activating group) is 1. The number of hydroxylamine groups is 3. The second kappa shape index (κ2) is 5.70. The molecule has 4 nitrogen and oxygen atoms in total. The van der Waals surface area contributed by atoms with E-state index in [2.05, 4.69) is 4.98 Å². The molecule has 1 aromatic heterocycles. The van der Waals surface area contributed by atoms with E-state index in [1.165, 1.54) is 0 Å². The van der Waals surface area contributed by atoms with Crippen molar-refractivity contribution >= 4 is 0 Å². The number of morpholine rings is 1. The summed E-state index contributed by atoms with van der Waals surface area (Å²) in [6.45, 7) is 2.47. The summed E-state index contributed by atoms with van der Waals surface area (Å²) >= 11 is 0. The van der Waals surface area contributed by atoms with E-state index in [-0.39, 0.29) is 4.65 Å². The van der Waals surface area contributed by atoms with Crippen molar-refractivity contribution in [3.63, 3.8) is 0 Å². The quantitative estimate of drug-likeness (QED) is 0.460. The summed E-state index contributed by atoms with van der Waals surface area (Å²) in [7, 11) is 1.68. The van der Waals surface area contributed by atoms with Crippen molar-refractivity contribution in [1.29, 1.82) is 0 Å². The first-order chi connectivity index (χ1) is 6.71. The number of hydrogen-bond donors (Lipinski definition) is 0. The highest BCUT2D eigenvalue weighted by Gasteiger charge is 2.13. The van der Waals surface area contributed by atoms with Gasteiger partial charge in [0.15, 0.2) is 0 Å². The smallest absolute Gasteiger partial charge is 0.102 e. The van der Waals surface area contributed by atoms with E-state index in [0.717, 1.165) is 0 Å². The Morgan fingerprint density at radius 1 is 1.14 bits per heavy atom. The monoisotopic (exact) mass is 196 g/mol. The molecule has 0 saturated carbocycles. The van der Waals surface area contributed by atoms with Gasteiger partial charge in [0.25, 0.3) is 0 Å². The van der Waals surface area contributed by atoms with E-state index in [4.69, 9.17) is 4.74 Å². The van der Waals surface area contributed by atoms with Crippen molar-refractivity contribution in [2.75, 3.05) is 33.4 Å². The van der Waals surface area contributed by atoms with E-state index in [1.54, 1.807) is 19.4 Å². The van der Waals surface area contributed by atoms with Gasteiger partial charge in [-0.15, -0.1) is 0 Å². The molecule has 2 rings (SSSR count). The Labute approximate surface area is 84.3 Å². The van der Waals surface area contributed by atoms with Crippen molar-refractivity contribution in [1.82, 2.24) is 4.98 Å². The van der Waals surface area contributed by atoms with Crippen molar-refractivity contribution in [3.05, 3.63) is 35.8 Å². The molecule has 0 amide bonds. The maximum Gasteiger partial charge on any atom is 0.102 e. The van der Waals surface area contributed by atoms with Crippen LogP contribution >= 0.6 is 0 Å². The summed E-state index contributed by atoms with van der Waals surface area (Å²) in [5, 5.41) is 11.0. The molecule has 4 heteroatoms. The molecule has 0 N–H and O–H groups in total. The topological polar surface area (TPSA) is 45.2 Å². The highest BCUT2D eigenvalue weighted by Crippen LogP contribution is 2.02. The van der Waals surface area contributed by atoms with Gasteiger partial charge in [0.1, 0.15) is 13.1 Å². The molecule has 1 saturated heterocycles. The van der Waals surface area contributed by atoms with E-state index in [0.29, 0.717) is 26.3 Å². The lowest BCUT2D eigenvalue weighted by atomic mass is 10.4. The molecule has 1 aromatic rings. The molecular weight excluding hydrogens is 180 g/mol. The minimum atomic E-state index is -0.125. The molecule has 0 aromatic carbocycles. The van der Waals surface area contributed by atoms with Gasteiger partial charge in [-0.2, -0.15) is 0 Å². The fraction of sp³-hybridized carbons (Fsp3) is 0.500. The van der Waals surface area contributed by atoms with E-state index in [9.17, 15) is 5.21 Å². The van der Waals surface area contributed by atoms with Gasteiger partial charge in [-0.1, -0.05) is 6.07 Å². The normalized spacial score (nSPS) is 19.3. The molecule has 0 bridgehead atoms. The van der Waals surface area contributed by atoms with E-state index >= 15 is 0 Å². The van der Waals surface area contributed by atoms with Gasteiger partial charge < -0.3 is 14.6 Å². The second-order valence-electron chi connectivity index (χ2n) is 3.38. The Kier molecular flexibility index (Phi) is 4.52. The van der Waals surface area contributed by atoms with Crippen molar-refractivity contribution in [2.24, 2.45) is 0 Å². The number of aromatic nitrogens is 1. The van der Waals surface area contributed by atoms with Crippen molar-refractivity contribution in [2.45, 2.75) is 0 Å². The third kappa shape index (κ3) is 4.91. The van der Waals surface area contributed by atoms with Crippen LogP contribution in [-0.2, 0) is 4.74 Å². The van der Waals surface area contributed by atoms with Crippen molar-refractivity contribution < 1.29 is 9.38 Å². The van der Waals surface area contributed by atoms with Gasteiger partial charge in [-0.05, 0) is 12.1 Å². The van der Waals surface area contributed by atoms with Crippen LogP contribution < -0.4 is 0 Å². The lowest BCUT2D eigenvalue weighted by Crippen LogP contribution is -2.46. The van der Waals surface area contributed by atoms with Crippen LogP contribution in [-0.4, -0.2) is 43.0 Å². The van der Waals surface area contributed by atoms with Gasteiger partial charge in [0.05, 0.1) is 20.3 Å². The SMILES string of the molecule is C[N+]1([O-])CCOCC1.c1ccncc1. The van der Waals surface area contributed by atoms with Gasteiger partial charge in [0, 0.05) is 12.4 Å². The molecule has 0 unspecified atom stereocenters. The summed E-state index contributed by atoms with van der Waals surface area (Å²) in [5.41, 5.74) is 0. The maximum absolute atomic E-state index is 11.0. The number of quaternary nitrogens is 1. The molecule has 0 spiro atoms. The van der Waals surface area contributed by atoms with Gasteiger partial charge in [-0.3, -0.25) is 4.98 Å². The minimum Gasteiger partial charge on any atom is -0.633 e. The van der Waals surface area contributed by atoms with Crippen molar-refractivity contribution in [3.8, 4) is 0 Å².